The molecule has 2 heterocycles. The number of aromatic nitrogens is 1. The Labute approximate surface area is 181 Å². The van der Waals surface area contributed by atoms with Gasteiger partial charge in [0.05, 0.1) is 23.9 Å². The van der Waals surface area contributed by atoms with Crippen molar-refractivity contribution in [1.29, 1.82) is 0 Å². The summed E-state index contributed by atoms with van der Waals surface area (Å²) in [6.45, 7) is 2.01. The van der Waals surface area contributed by atoms with E-state index in [4.69, 9.17) is 4.74 Å². The van der Waals surface area contributed by atoms with E-state index in [1.807, 2.05) is 53.4 Å². The van der Waals surface area contributed by atoms with Crippen LogP contribution in [0.3, 0.4) is 0 Å². The zero-order valence-electron chi connectivity index (χ0n) is 17.6. The molecule has 1 aromatic heterocycles. The highest BCUT2D eigenvalue weighted by Gasteiger charge is 2.19. The van der Waals surface area contributed by atoms with Crippen LogP contribution in [0.2, 0.25) is 0 Å². The third-order valence-corrected chi connectivity index (χ3v) is 5.39. The highest BCUT2D eigenvalue weighted by Crippen LogP contribution is 2.28. The third-order valence-electron chi connectivity index (χ3n) is 5.39. The Kier molecular flexibility index (Phi) is 6.31. The highest BCUT2D eigenvalue weighted by atomic mass is 16.5. The van der Waals surface area contributed by atoms with Crippen LogP contribution in [0.5, 0.6) is 5.75 Å². The van der Waals surface area contributed by atoms with Crippen molar-refractivity contribution in [3.63, 3.8) is 0 Å². The summed E-state index contributed by atoms with van der Waals surface area (Å²) in [6.07, 6.45) is 2.29. The summed E-state index contributed by atoms with van der Waals surface area (Å²) in [4.78, 5) is 31.2. The number of nitrogens with one attached hydrogen (secondary N) is 2. The Morgan fingerprint density at radius 2 is 1.97 bits per heavy atom. The molecule has 2 amide bonds. The van der Waals surface area contributed by atoms with Crippen LogP contribution in [0.15, 0.2) is 54.6 Å². The van der Waals surface area contributed by atoms with Crippen molar-refractivity contribution >= 4 is 34.2 Å². The van der Waals surface area contributed by atoms with Gasteiger partial charge in [-0.3, -0.25) is 9.59 Å². The number of carbonyl (C=O) groups is 2. The molecule has 7 nitrogen and oxygen atoms in total. The van der Waals surface area contributed by atoms with Gasteiger partial charge in [-0.15, -0.1) is 0 Å². The number of fused-ring (bicyclic) bond motifs is 1. The molecule has 31 heavy (non-hydrogen) atoms. The van der Waals surface area contributed by atoms with Crippen molar-refractivity contribution in [3.05, 3.63) is 60.2 Å². The summed E-state index contributed by atoms with van der Waals surface area (Å²) in [5.74, 6) is 1.31. The largest absolute Gasteiger partial charge is 0.495 e. The molecular weight excluding hydrogens is 392 g/mol. The molecule has 4 rings (SSSR count). The molecule has 0 spiro atoms. The fourth-order valence-corrected chi connectivity index (χ4v) is 3.82. The van der Waals surface area contributed by atoms with Crippen LogP contribution in [-0.2, 0) is 4.79 Å². The van der Waals surface area contributed by atoms with Gasteiger partial charge >= 0.3 is 0 Å². The van der Waals surface area contributed by atoms with Crippen molar-refractivity contribution in [3.8, 4) is 5.75 Å². The summed E-state index contributed by atoms with van der Waals surface area (Å²) < 4.78 is 5.40. The van der Waals surface area contributed by atoms with E-state index in [0.29, 0.717) is 36.6 Å². The molecule has 0 unspecified atom stereocenters. The average molecular weight is 418 g/mol. The van der Waals surface area contributed by atoms with Crippen LogP contribution in [0.4, 0.5) is 11.5 Å². The SMILES string of the molecule is COc1ccccc1Nc1cc(C(=O)NCCCN2CCCC2=O)c2ccccc2n1. The third kappa shape index (κ3) is 4.77. The normalized spacial score (nSPS) is 13.5. The zero-order chi connectivity index (χ0) is 21.6. The number of carbonyl (C=O) groups excluding carboxylic acids is 2. The molecule has 2 aromatic carbocycles. The first kappa shape index (κ1) is 20.7. The average Bonchev–Trinajstić information content (AvgIpc) is 3.21. The molecule has 3 aromatic rings. The van der Waals surface area contributed by atoms with Gasteiger partial charge in [-0.2, -0.15) is 0 Å². The first-order valence-corrected chi connectivity index (χ1v) is 10.5. The Morgan fingerprint density at radius 1 is 1.16 bits per heavy atom. The van der Waals surface area contributed by atoms with Crippen molar-refractivity contribution in [1.82, 2.24) is 15.2 Å². The number of amides is 2. The van der Waals surface area contributed by atoms with Gasteiger partial charge in [-0.05, 0) is 37.1 Å². The lowest BCUT2D eigenvalue weighted by molar-refractivity contribution is -0.127. The minimum Gasteiger partial charge on any atom is -0.495 e. The Hall–Kier alpha value is -3.61. The number of nitrogens with zero attached hydrogens (tertiary/aromatic N) is 2. The molecule has 7 heteroatoms. The second-order valence-electron chi connectivity index (χ2n) is 7.49. The van der Waals surface area contributed by atoms with Gasteiger partial charge in [-0.25, -0.2) is 4.98 Å². The zero-order valence-corrected chi connectivity index (χ0v) is 17.6. The number of methoxy groups -OCH3 is 1. The topological polar surface area (TPSA) is 83.6 Å². The molecule has 0 bridgehead atoms. The quantitative estimate of drug-likeness (QED) is 0.545. The van der Waals surface area contributed by atoms with E-state index in [0.717, 1.165) is 36.0 Å². The summed E-state index contributed by atoms with van der Waals surface area (Å²) in [6, 6.07) is 16.9. The van der Waals surface area contributed by atoms with E-state index in [1.54, 1.807) is 13.2 Å². The number of benzene rings is 2. The van der Waals surface area contributed by atoms with E-state index >= 15 is 0 Å². The molecule has 0 radical (unpaired) electrons. The number of likely N-dealkylation sites (tertiary alicyclic amines) is 1. The molecule has 1 aliphatic rings. The number of ether oxygens (including phenoxy) is 1. The first-order valence-electron chi connectivity index (χ1n) is 10.5. The van der Waals surface area contributed by atoms with E-state index in [9.17, 15) is 9.59 Å². The van der Waals surface area contributed by atoms with Gasteiger partial charge in [0, 0.05) is 31.4 Å². The summed E-state index contributed by atoms with van der Waals surface area (Å²) >= 11 is 0. The van der Waals surface area contributed by atoms with Gasteiger partial charge in [0.25, 0.3) is 5.91 Å². The number of hydrogen-bond donors (Lipinski definition) is 2. The summed E-state index contributed by atoms with van der Waals surface area (Å²) in [5.41, 5.74) is 2.06. The molecule has 2 N–H and O–H groups in total. The standard InChI is InChI=1S/C24H26N4O3/c1-31-21-11-5-4-10-20(21)27-22-16-18(17-8-2-3-9-19(17)26-22)24(30)25-13-7-15-28-14-6-12-23(28)29/h2-5,8-11,16H,6-7,12-15H2,1H3,(H,25,30)(H,26,27). The van der Waals surface area contributed by atoms with Crippen molar-refractivity contribution in [2.45, 2.75) is 19.3 Å². The maximum Gasteiger partial charge on any atom is 0.252 e. The van der Waals surface area contributed by atoms with Crippen LogP contribution in [-0.4, -0.2) is 48.4 Å². The Morgan fingerprint density at radius 3 is 2.77 bits per heavy atom. The Bertz CT molecular complexity index is 1100. The van der Waals surface area contributed by atoms with E-state index in [1.165, 1.54) is 0 Å². The Balaban J connectivity index is 1.50. The molecule has 160 valence electrons. The van der Waals surface area contributed by atoms with Gasteiger partial charge < -0.3 is 20.3 Å². The lowest BCUT2D eigenvalue weighted by atomic mass is 10.1. The van der Waals surface area contributed by atoms with E-state index < -0.39 is 0 Å². The van der Waals surface area contributed by atoms with Gasteiger partial charge in [0.1, 0.15) is 11.6 Å². The molecule has 0 atom stereocenters. The predicted octanol–water partition coefficient (Wildman–Crippen LogP) is 3.73. The summed E-state index contributed by atoms with van der Waals surface area (Å²) in [7, 11) is 1.61. The van der Waals surface area contributed by atoms with E-state index in [-0.39, 0.29) is 11.8 Å². The second-order valence-corrected chi connectivity index (χ2v) is 7.49. The van der Waals surface area contributed by atoms with Crippen molar-refractivity contribution in [2.24, 2.45) is 0 Å². The second kappa shape index (κ2) is 9.47. The minimum absolute atomic E-state index is 0.158. The maximum absolute atomic E-state index is 13.0. The van der Waals surface area contributed by atoms with Crippen LogP contribution in [0.1, 0.15) is 29.6 Å². The molecule has 1 saturated heterocycles. The number of para-hydroxylation sites is 3. The highest BCUT2D eigenvalue weighted by molar-refractivity contribution is 6.07. The number of anilines is 2. The molecule has 1 aliphatic heterocycles. The van der Waals surface area contributed by atoms with E-state index in [2.05, 4.69) is 15.6 Å². The monoisotopic (exact) mass is 418 g/mol. The maximum atomic E-state index is 13.0. The number of hydrogen-bond acceptors (Lipinski definition) is 5. The van der Waals surface area contributed by atoms with Crippen LogP contribution in [0.25, 0.3) is 10.9 Å². The van der Waals surface area contributed by atoms with Gasteiger partial charge in [-0.1, -0.05) is 30.3 Å². The fraction of sp³-hybridized carbons (Fsp3) is 0.292. The lowest BCUT2D eigenvalue weighted by Gasteiger charge is -2.16. The van der Waals surface area contributed by atoms with Crippen LogP contribution < -0.4 is 15.4 Å². The summed E-state index contributed by atoms with van der Waals surface area (Å²) in [5, 5.41) is 7.04. The number of rotatable bonds is 8. The minimum atomic E-state index is -0.158. The van der Waals surface area contributed by atoms with Crippen LogP contribution >= 0.6 is 0 Å². The van der Waals surface area contributed by atoms with Crippen LogP contribution in [0, 0.1) is 0 Å². The fourth-order valence-electron chi connectivity index (χ4n) is 3.82. The lowest BCUT2D eigenvalue weighted by Crippen LogP contribution is -2.30. The van der Waals surface area contributed by atoms with Gasteiger partial charge in [0.15, 0.2) is 0 Å². The molecule has 0 aliphatic carbocycles. The molecule has 0 saturated carbocycles. The smallest absolute Gasteiger partial charge is 0.252 e. The van der Waals surface area contributed by atoms with Crippen molar-refractivity contribution < 1.29 is 14.3 Å². The first-order chi connectivity index (χ1) is 15.2. The predicted molar refractivity (Wildman–Crippen MR) is 121 cm³/mol. The molecule has 1 fully saturated rings. The van der Waals surface area contributed by atoms with Crippen molar-refractivity contribution in [2.75, 3.05) is 32.1 Å². The van der Waals surface area contributed by atoms with Gasteiger partial charge in [0.2, 0.25) is 5.91 Å². The number of pyridine rings is 1. The molecular formula is C24H26N4O3.